The Hall–Kier alpha value is -1.26. The van der Waals surface area contributed by atoms with Crippen molar-refractivity contribution in [2.75, 3.05) is 13.7 Å². The van der Waals surface area contributed by atoms with Gasteiger partial charge >= 0.3 is 5.97 Å². The first-order chi connectivity index (χ1) is 8.61. The Morgan fingerprint density at radius 3 is 3.11 bits per heavy atom. The maximum absolute atomic E-state index is 11.3. The maximum Gasteiger partial charge on any atom is 0.322 e. The largest absolute Gasteiger partial charge is 0.493 e. The third-order valence-corrected chi connectivity index (χ3v) is 3.20. The molecule has 1 heterocycles. The van der Waals surface area contributed by atoms with Crippen LogP contribution in [-0.4, -0.2) is 25.7 Å². The van der Waals surface area contributed by atoms with Gasteiger partial charge in [-0.25, -0.2) is 0 Å². The Morgan fingerprint density at radius 1 is 1.61 bits per heavy atom. The van der Waals surface area contributed by atoms with Crippen LogP contribution in [0.5, 0.6) is 5.75 Å². The second kappa shape index (κ2) is 5.59. The number of hydrogen-bond acceptors (Lipinski definition) is 4. The van der Waals surface area contributed by atoms with E-state index in [2.05, 4.69) is 10.1 Å². The van der Waals surface area contributed by atoms with Crippen molar-refractivity contribution in [3.8, 4) is 5.75 Å². The molecule has 0 fully saturated rings. The first kappa shape index (κ1) is 13.2. The molecule has 98 valence electrons. The van der Waals surface area contributed by atoms with Crippen molar-refractivity contribution in [2.24, 2.45) is 0 Å². The summed E-state index contributed by atoms with van der Waals surface area (Å²) in [4.78, 5) is 11.3. The number of nitrogens with one attached hydrogen (secondary N) is 1. The minimum atomic E-state index is -0.356. The fourth-order valence-electron chi connectivity index (χ4n) is 2.00. The lowest BCUT2D eigenvalue weighted by Crippen LogP contribution is -2.34. The quantitative estimate of drug-likeness (QED) is 0.849. The van der Waals surface area contributed by atoms with Crippen LogP contribution in [0.25, 0.3) is 0 Å². The van der Waals surface area contributed by atoms with E-state index in [1.54, 1.807) is 6.92 Å². The summed E-state index contributed by atoms with van der Waals surface area (Å²) < 4.78 is 10.2. The van der Waals surface area contributed by atoms with Crippen LogP contribution in [0, 0.1) is 0 Å². The van der Waals surface area contributed by atoms with Gasteiger partial charge in [-0.1, -0.05) is 11.6 Å². The molecule has 0 radical (unpaired) electrons. The minimum absolute atomic E-state index is 0.283. The summed E-state index contributed by atoms with van der Waals surface area (Å²) in [6.45, 7) is 2.98. The Balaban J connectivity index is 2.08. The molecule has 1 N–H and O–H groups in total. The van der Waals surface area contributed by atoms with Gasteiger partial charge in [0.25, 0.3) is 0 Å². The van der Waals surface area contributed by atoms with Crippen LogP contribution in [0.3, 0.4) is 0 Å². The smallest absolute Gasteiger partial charge is 0.322 e. The Kier molecular flexibility index (Phi) is 4.09. The molecule has 1 aliphatic heterocycles. The molecule has 2 rings (SSSR count). The molecule has 0 aromatic heterocycles. The van der Waals surface area contributed by atoms with Crippen LogP contribution in [-0.2, 0) is 22.5 Å². The van der Waals surface area contributed by atoms with Gasteiger partial charge in [-0.15, -0.1) is 0 Å². The van der Waals surface area contributed by atoms with Crippen LogP contribution in [0.15, 0.2) is 12.1 Å². The monoisotopic (exact) mass is 269 g/mol. The fourth-order valence-corrected chi connectivity index (χ4v) is 2.26. The topological polar surface area (TPSA) is 47.6 Å². The Bertz CT molecular complexity index is 462. The molecule has 5 heteroatoms. The van der Waals surface area contributed by atoms with Crippen LogP contribution >= 0.6 is 11.6 Å². The molecule has 1 aromatic rings. The lowest BCUT2D eigenvalue weighted by molar-refractivity contribution is -0.142. The van der Waals surface area contributed by atoms with Crippen molar-refractivity contribution < 1.29 is 14.3 Å². The number of carbonyl (C=O) groups excluding carboxylic acids is 1. The van der Waals surface area contributed by atoms with Crippen LogP contribution in [0.1, 0.15) is 18.1 Å². The molecule has 1 atom stereocenters. The van der Waals surface area contributed by atoms with Crippen molar-refractivity contribution in [3.05, 3.63) is 28.3 Å². The number of ether oxygens (including phenoxy) is 2. The van der Waals surface area contributed by atoms with E-state index in [4.69, 9.17) is 16.3 Å². The third-order valence-electron chi connectivity index (χ3n) is 2.98. The summed E-state index contributed by atoms with van der Waals surface area (Å²) >= 11 is 6.06. The standard InChI is InChI=1S/C13H16ClNO3/c1-8(13(16)17-2)15-7-10-6-11(14)5-9-3-4-18-12(9)10/h5-6,8,15H,3-4,7H2,1-2H3. The normalized spacial score (nSPS) is 14.8. The van der Waals surface area contributed by atoms with E-state index in [0.29, 0.717) is 18.2 Å². The first-order valence-corrected chi connectivity index (χ1v) is 6.25. The zero-order valence-corrected chi connectivity index (χ0v) is 11.2. The van der Waals surface area contributed by atoms with E-state index in [0.717, 1.165) is 23.3 Å². The summed E-state index contributed by atoms with van der Waals surface area (Å²) in [6, 6.07) is 3.44. The summed E-state index contributed by atoms with van der Waals surface area (Å²) in [5.41, 5.74) is 2.11. The predicted octanol–water partition coefficient (Wildman–Crippen LogP) is 1.93. The molecule has 0 spiro atoms. The highest BCUT2D eigenvalue weighted by Crippen LogP contribution is 2.32. The number of carbonyl (C=O) groups is 1. The number of esters is 1. The van der Waals surface area contributed by atoms with Crippen molar-refractivity contribution in [1.29, 1.82) is 0 Å². The summed E-state index contributed by atoms with van der Waals surface area (Å²) in [7, 11) is 1.38. The SMILES string of the molecule is COC(=O)C(C)NCc1cc(Cl)cc2c1OCC2. The molecule has 4 nitrogen and oxygen atoms in total. The maximum atomic E-state index is 11.3. The molecule has 0 aliphatic carbocycles. The molecule has 0 saturated carbocycles. The van der Waals surface area contributed by atoms with Gasteiger partial charge < -0.3 is 14.8 Å². The molecule has 0 bridgehead atoms. The molecule has 1 aliphatic rings. The van der Waals surface area contributed by atoms with Crippen LogP contribution in [0.2, 0.25) is 5.02 Å². The molecular weight excluding hydrogens is 254 g/mol. The van der Waals surface area contributed by atoms with Gasteiger partial charge in [0.1, 0.15) is 11.8 Å². The number of methoxy groups -OCH3 is 1. The third kappa shape index (κ3) is 2.76. The summed E-state index contributed by atoms with van der Waals surface area (Å²) in [5, 5.41) is 3.79. The van der Waals surface area contributed by atoms with E-state index in [9.17, 15) is 4.79 Å². The second-order valence-electron chi connectivity index (χ2n) is 4.28. The zero-order chi connectivity index (χ0) is 13.1. The average molecular weight is 270 g/mol. The lowest BCUT2D eigenvalue weighted by Gasteiger charge is -2.13. The molecule has 1 aromatic carbocycles. The van der Waals surface area contributed by atoms with E-state index in [1.165, 1.54) is 7.11 Å². The molecule has 0 saturated heterocycles. The molecule has 18 heavy (non-hydrogen) atoms. The van der Waals surface area contributed by atoms with Gasteiger partial charge in [-0.05, 0) is 24.6 Å². The van der Waals surface area contributed by atoms with E-state index in [-0.39, 0.29) is 12.0 Å². The predicted molar refractivity (Wildman–Crippen MR) is 69.0 cm³/mol. The van der Waals surface area contributed by atoms with Crippen molar-refractivity contribution in [3.63, 3.8) is 0 Å². The minimum Gasteiger partial charge on any atom is -0.493 e. The number of hydrogen-bond donors (Lipinski definition) is 1. The average Bonchev–Trinajstić information content (AvgIpc) is 2.82. The summed E-state index contributed by atoms with van der Waals surface area (Å²) in [5.74, 6) is 0.610. The highest BCUT2D eigenvalue weighted by atomic mass is 35.5. The van der Waals surface area contributed by atoms with E-state index >= 15 is 0 Å². The highest BCUT2D eigenvalue weighted by molar-refractivity contribution is 6.30. The van der Waals surface area contributed by atoms with Crippen LogP contribution < -0.4 is 10.1 Å². The van der Waals surface area contributed by atoms with E-state index in [1.807, 2.05) is 12.1 Å². The Morgan fingerprint density at radius 2 is 2.39 bits per heavy atom. The molecule has 1 unspecified atom stereocenters. The van der Waals surface area contributed by atoms with Gasteiger partial charge in [0, 0.05) is 23.6 Å². The van der Waals surface area contributed by atoms with Crippen LogP contribution in [0.4, 0.5) is 0 Å². The first-order valence-electron chi connectivity index (χ1n) is 5.87. The number of fused-ring (bicyclic) bond motifs is 1. The lowest BCUT2D eigenvalue weighted by atomic mass is 10.1. The van der Waals surface area contributed by atoms with Crippen molar-refractivity contribution >= 4 is 17.6 Å². The zero-order valence-electron chi connectivity index (χ0n) is 10.5. The Labute approximate surface area is 111 Å². The van der Waals surface area contributed by atoms with E-state index < -0.39 is 0 Å². The van der Waals surface area contributed by atoms with Gasteiger partial charge in [0.2, 0.25) is 0 Å². The summed E-state index contributed by atoms with van der Waals surface area (Å²) in [6.07, 6.45) is 0.884. The van der Waals surface area contributed by atoms with Gasteiger partial charge in [0.05, 0.1) is 13.7 Å². The molecular formula is C13H16ClNO3. The fraction of sp³-hybridized carbons (Fsp3) is 0.462. The van der Waals surface area contributed by atoms with Gasteiger partial charge in [0.15, 0.2) is 0 Å². The number of benzene rings is 1. The van der Waals surface area contributed by atoms with Crippen molar-refractivity contribution in [1.82, 2.24) is 5.32 Å². The number of halogens is 1. The van der Waals surface area contributed by atoms with Gasteiger partial charge in [-0.3, -0.25) is 4.79 Å². The highest BCUT2D eigenvalue weighted by Gasteiger charge is 2.19. The van der Waals surface area contributed by atoms with Crippen molar-refractivity contribution in [2.45, 2.75) is 25.9 Å². The number of rotatable bonds is 4. The van der Waals surface area contributed by atoms with Gasteiger partial charge in [-0.2, -0.15) is 0 Å². The second-order valence-corrected chi connectivity index (χ2v) is 4.71. The molecule has 0 amide bonds.